The first-order chi connectivity index (χ1) is 7.92. The van der Waals surface area contributed by atoms with Crippen molar-refractivity contribution >= 4 is 11.6 Å². The number of hydrogen-bond acceptors (Lipinski definition) is 5. The van der Waals surface area contributed by atoms with E-state index in [0.29, 0.717) is 6.54 Å². The van der Waals surface area contributed by atoms with Crippen LogP contribution < -0.4 is 16.0 Å². The zero-order valence-corrected chi connectivity index (χ0v) is 11.2. The number of rotatable bonds is 5. The Kier molecular flexibility index (Phi) is 4.69. The molecule has 1 rings (SSSR count). The van der Waals surface area contributed by atoms with E-state index in [2.05, 4.69) is 36.1 Å². The summed E-state index contributed by atoms with van der Waals surface area (Å²) < 4.78 is 0. The van der Waals surface area contributed by atoms with Gasteiger partial charge in [-0.25, -0.2) is 9.97 Å². The van der Waals surface area contributed by atoms with Gasteiger partial charge in [0.25, 0.3) is 0 Å². The van der Waals surface area contributed by atoms with Crippen molar-refractivity contribution in [3.63, 3.8) is 0 Å². The van der Waals surface area contributed by atoms with Crippen molar-refractivity contribution < 1.29 is 0 Å². The van der Waals surface area contributed by atoms with Crippen LogP contribution in [0.2, 0.25) is 0 Å². The van der Waals surface area contributed by atoms with Gasteiger partial charge in [0.1, 0.15) is 18.0 Å². The van der Waals surface area contributed by atoms with Gasteiger partial charge in [-0.2, -0.15) is 0 Å². The van der Waals surface area contributed by atoms with Crippen molar-refractivity contribution in [3.8, 4) is 0 Å². The second-order valence-electron chi connectivity index (χ2n) is 5.39. The van der Waals surface area contributed by atoms with Gasteiger partial charge < -0.3 is 16.0 Å². The Morgan fingerprint density at radius 3 is 2.65 bits per heavy atom. The first kappa shape index (κ1) is 13.7. The molecule has 0 radical (unpaired) electrons. The largest absolute Gasteiger partial charge is 0.369 e. The molecule has 0 aliphatic heterocycles. The maximum atomic E-state index is 5.52. The van der Waals surface area contributed by atoms with E-state index >= 15 is 0 Å². The summed E-state index contributed by atoms with van der Waals surface area (Å²) in [4.78, 5) is 10.4. The standard InChI is InChI=1S/C12H23N5/c1-12(2,3)8-14-10-7-11(16-9-15-10)17(4)6-5-13/h7,9H,5-6,8,13H2,1-4H3,(H,14,15,16). The lowest BCUT2D eigenvalue weighted by Gasteiger charge is -2.20. The van der Waals surface area contributed by atoms with Gasteiger partial charge in [0, 0.05) is 32.7 Å². The summed E-state index contributed by atoms with van der Waals surface area (Å²) >= 11 is 0. The molecule has 0 saturated heterocycles. The summed E-state index contributed by atoms with van der Waals surface area (Å²) in [6, 6.07) is 1.95. The van der Waals surface area contributed by atoms with E-state index in [1.54, 1.807) is 6.33 Å². The molecular formula is C12H23N5. The summed E-state index contributed by atoms with van der Waals surface area (Å²) in [5.74, 6) is 1.75. The average molecular weight is 237 g/mol. The van der Waals surface area contributed by atoms with E-state index in [0.717, 1.165) is 24.7 Å². The zero-order valence-electron chi connectivity index (χ0n) is 11.2. The van der Waals surface area contributed by atoms with Gasteiger partial charge in [-0.05, 0) is 5.41 Å². The minimum absolute atomic E-state index is 0.230. The van der Waals surface area contributed by atoms with Crippen molar-refractivity contribution in [1.82, 2.24) is 9.97 Å². The number of likely N-dealkylation sites (N-methyl/N-ethyl adjacent to an activating group) is 1. The fourth-order valence-corrected chi connectivity index (χ4v) is 1.32. The maximum Gasteiger partial charge on any atom is 0.133 e. The van der Waals surface area contributed by atoms with E-state index in [1.165, 1.54) is 0 Å². The Morgan fingerprint density at radius 2 is 2.06 bits per heavy atom. The third kappa shape index (κ3) is 4.99. The molecule has 1 aromatic rings. The summed E-state index contributed by atoms with van der Waals surface area (Å²) in [6.45, 7) is 8.83. The molecule has 17 heavy (non-hydrogen) atoms. The zero-order chi connectivity index (χ0) is 12.9. The number of nitrogens with one attached hydrogen (secondary N) is 1. The monoisotopic (exact) mass is 237 g/mol. The van der Waals surface area contributed by atoms with E-state index in [1.807, 2.05) is 18.0 Å². The minimum atomic E-state index is 0.230. The van der Waals surface area contributed by atoms with Gasteiger partial charge in [0.05, 0.1) is 0 Å². The molecule has 0 aliphatic rings. The number of anilines is 2. The van der Waals surface area contributed by atoms with Crippen LogP contribution in [0.5, 0.6) is 0 Å². The van der Waals surface area contributed by atoms with E-state index < -0.39 is 0 Å². The smallest absolute Gasteiger partial charge is 0.133 e. The molecule has 0 aromatic carbocycles. The average Bonchev–Trinajstić information content (AvgIpc) is 2.26. The highest BCUT2D eigenvalue weighted by atomic mass is 15.2. The van der Waals surface area contributed by atoms with Crippen molar-refractivity contribution in [3.05, 3.63) is 12.4 Å². The van der Waals surface area contributed by atoms with Crippen LogP contribution >= 0.6 is 0 Å². The molecule has 0 bridgehead atoms. The van der Waals surface area contributed by atoms with Gasteiger partial charge in [-0.1, -0.05) is 20.8 Å². The van der Waals surface area contributed by atoms with E-state index in [-0.39, 0.29) is 5.41 Å². The van der Waals surface area contributed by atoms with E-state index in [9.17, 15) is 0 Å². The van der Waals surface area contributed by atoms with Gasteiger partial charge in [-0.3, -0.25) is 0 Å². The molecule has 96 valence electrons. The predicted molar refractivity (Wildman–Crippen MR) is 72.3 cm³/mol. The van der Waals surface area contributed by atoms with Crippen LogP contribution in [0.1, 0.15) is 20.8 Å². The third-order valence-corrected chi connectivity index (χ3v) is 2.31. The van der Waals surface area contributed by atoms with Crippen LogP contribution in [0.15, 0.2) is 12.4 Å². The number of nitrogens with zero attached hydrogens (tertiary/aromatic N) is 3. The lowest BCUT2D eigenvalue weighted by atomic mass is 9.97. The number of hydrogen-bond donors (Lipinski definition) is 2. The molecule has 1 heterocycles. The van der Waals surface area contributed by atoms with Gasteiger partial charge in [0.2, 0.25) is 0 Å². The Balaban J connectivity index is 2.66. The van der Waals surface area contributed by atoms with Crippen LogP contribution in [0, 0.1) is 5.41 Å². The second-order valence-corrected chi connectivity index (χ2v) is 5.39. The molecule has 0 amide bonds. The first-order valence-electron chi connectivity index (χ1n) is 5.89. The molecule has 0 saturated carbocycles. The fourth-order valence-electron chi connectivity index (χ4n) is 1.32. The molecule has 0 unspecified atom stereocenters. The molecule has 3 N–H and O–H groups in total. The Morgan fingerprint density at radius 1 is 1.35 bits per heavy atom. The Labute approximate surface area is 103 Å². The summed E-state index contributed by atoms with van der Waals surface area (Å²) in [5, 5.41) is 3.31. The van der Waals surface area contributed by atoms with Crippen molar-refractivity contribution in [2.75, 3.05) is 36.9 Å². The van der Waals surface area contributed by atoms with Crippen LogP contribution in [0.3, 0.4) is 0 Å². The van der Waals surface area contributed by atoms with Crippen LogP contribution in [-0.4, -0.2) is 36.6 Å². The summed E-state index contributed by atoms with van der Waals surface area (Å²) in [5.41, 5.74) is 5.75. The molecular weight excluding hydrogens is 214 g/mol. The highest BCUT2D eigenvalue weighted by Crippen LogP contribution is 2.16. The molecule has 0 spiro atoms. The maximum absolute atomic E-state index is 5.52. The molecule has 5 nitrogen and oxygen atoms in total. The quantitative estimate of drug-likeness (QED) is 0.808. The molecule has 5 heteroatoms. The van der Waals surface area contributed by atoms with Crippen molar-refractivity contribution in [1.29, 1.82) is 0 Å². The minimum Gasteiger partial charge on any atom is -0.369 e. The summed E-state index contributed by atoms with van der Waals surface area (Å²) in [7, 11) is 1.97. The lowest BCUT2D eigenvalue weighted by molar-refractivity contribution is 0.442. The first-order valence-corrected chi connectivity index (χ1v) is 5.89. The SMILES string of the molecule is CN(CCN)c1cc(NCC(C)(C)C)ncn1. The van der Waals surface area contributed by atoms with Crippen molar-refractivity contribution in [2.24, 2.45) is 11.1 Å². The normalized spacial score (nSPS) is 11.4. The molecule has 0 atom stereocenters. The Bertz CT molecular complexity index is 345. The number of nitrogens with two attached hydrogens (primary N) is 1. The fraction of sp³-hybridized carbons (Fsp3) is 0.667. The van der Waals surface area contributed by atoms with Gasteiger partial charge in [0.15, 0.2) is 0 Å². The van der Waals surface area contributed by atoms with Crippen LogP contribution in [-0.2, 0) is 0 Å². The Hall–Kier alpha value is -1.36. The van der Waals surface area contributed by atoms with E-state index in [4.69, 9.17) is 5.73 Å². The number of aromatic nitrogens is 2. The molecule has 0 aliphatic carbocycles. The highest BCUT2D eigenvalue weighted by Gasteiger charge is 2.10. The topological polar surface area (TPSA) is 67.1 Å². The molecule has 0 fully saturated rings. The van der Waals surface area contributed by atoms with Crippen molar-refractivity contribution in [2.45, 2.75) is 20.8 Å². The van der Waals surface area contributed by atoms with Crippen LogP contribution in [0.4, 0.5) is 11.6 Å². The van der Waals surface area contributed by atoms with Gasteiger partial charge >= 0.3 is 0 Å². The third-order valence-electron chi connectivity index (χ3n) is 2.31. The second kappa shape index (κ2) is 5.82. The van der Waals surface area contributed by atoms with Gasteiger partial charge in [-0.15, -0.1) is 0 Å². The summed E-state index contributed by atoms with van der Waals surface area (Å²) in [6.07, 6.45) is 1.58. The highest BCUT2D eigenvalue weighted by molar-refractivity contribution is 5.47. The molecule has 1 aromatic heterocycles. The van der Waals surface area contributed by atoms with Crippen LogP contribution in [0.25, 0.3) is 0 Å². The lowest BCUT2D eigenvalue weighted by Crippen LogP contribution is -2.26. The predicted octanol–water partition coefficient (Wildman–Crippen LogP) is 1.33.